The van der Waals surface area contributed by atoms with Crippen LogP contribution in [-0.4, -0.2) is 91.1 Å². The van der Waals surface area contributed by atoms with Crippen molar-refractivity contribution in [1.29, 1.82) is 0 Å². The van der Waals surface area contributed by atoms with E-state index >= 15 is 0 Å². The second-order valence-corrected chi connectivity index (χ2v) is 15.9. The highest BCUT2D eigenvalue weighted by atomic mass is 32.1. The Kier molecular flexibility index (Phi) is 21.9. The molecule has 324 valence electrons. The maximum Gasteiger partial charge on any atom is 0.263 e. The van der Waals surface area contributed by atoms with Crippen LogP contribution in [0.25, 0.3) is 0 Å². The molecule has 59 heavy (non-hydrogen) atoms. The fourth-order valence-corrected chi connectivity index (χ4v) is 7.58. The van der Waals surface area contributed by atoms with Crippen molar-refractivity contribution in [2.75, 3.05) is 50.3 Å². The number of carbonyl (C=O) groups excluding carboxylic acids is 5. The fraction of sp³-hybridized carbons (Fsp3) is 0.600. The summed E-state index contributed by atoms with van der Waals surface area (Å²) in [6.07, 6.45) is 18.1. The zero-order chi connectivity index (χ0) is 42.1. The summed E-state index contributed by atoms with van der Waals surface area (Å²) >= 11 is 5.56. The summed E-state index contributed by atoms with van der Waals surface area (Å²) in [5.74, 6) is -1.39. The zero-order valence-corrected chi connectivity index (χ0v) is 35.8. The molecule has 14 heteroatoms. The Morgan fingerprint density at radius 2 is 1.53 bits per heavy atom. The van der Waals surface area contributed by atoms with Gasteiger partial charge in [0.1, 0.15) is 12.8 Å². The number of hydrogen-bond acceptors (Lipinski definition) is 9. The Bertz CT molecular complexity index is 1630. The summed E-state index contributed by atoms with van der Waals surface area (Å²) in [5.41, 5.74) is 1.77. The Balaban J connectivity index is 1.08. The van der Waals surface area contributed by atoms with E-state index in [0.29, 0.717) is 35.3 Å². The predicted molar refractivity (Wildman–Crippen MR) is 235 cm³/mol. The minimum absolute atomic E-state index is 0.0696. The molecule has 0 radical (unpaired) electrons. The van der Waals surface area contributed by atoms with Gasteiger partial charge in [-0.05, 0) is 62.8 Å². The maximum atomic E-state index is 13.3. The van der Waals surface area contributed by atoms with Gasteiger partial charge in [0.15, 0.2) is 0 Å². The molecule has 1 unspecified atom stereocenters. The molecule has 2 aromatic carbocycles. The van der Waals surface area contributed by atoms with Crippen LogP contribution >= 0.6 is 12.2 Å². The lowest BCUT2D eigenvalue weighted by Gasteiger charge is -2.29. The first-order valence-electron chi connectivity index (χ1n) is 21.9. The molecule has 1 fully saturated rings. The molecule has 5 amide bonds. The van der Waals surface area contributed by atoms with Gasteiger partial charge >= 0.3 is 0 Å². The van der Waals surface area contributed by atoms with Crippen LogP contribution in [0.5, 0.6) is 0 Å². The minimum Gasteiger partial charge on any atom is -0.380 e. The summed E-state index contributed by atoms with van der Waals surface area (Å²) in [7, 11) is 0. The highest BCUT2D eigenvalue weighted by molar-refractivity contribution is 7.80. The van der Waals surface area contributed by atoms with Crippen LogP contribution in [0.2, 0.25) is 0 Å². The molecule has 2 aliphatic heterocycles. The number of imide groups is 1. The lowest BCUT2D eigenvalue weighted by Crippen LogP contribution is -2.50. The number of para-hydroxylation sites is 1. The lowest BCUT2D eigenvalue weighted by atomic mass is 10.1. The van der Waals surface area contributed by atoms with E-state index in [4.69, 9.17) is 21.7 Å². The van der Waals surface area contributed by atoms with Gasteiger partial charge in [-0.15, -0.1) is 0 Å². The molecule has 5 N–H and O–H groups in total. The van der Waals surface area contributed by atoms with E-state index in [2.05, 4.69) is 33.5 Å². The largest absolute Gasteiger partial charge is 0.380 e. The molecule has 2 heterocycles. The normalized spacial score (nSPS) is 15.4. The number of fused-ring (bicyclic) bond motifs is 1. The highest BCUT2D eigenvalue weighted by Crippen LogP contribution is 2.32. The van der Waals surface area contributed by atoms with Crippen LogP contribution in [0.1, 0.15) is 143 Å². The lowest BCUT2D eigenvalue weighted by molar-refractivity contribution is -0.127. The number of nitrogens with one attached hydrogen (secondary N) is 5. The fourth-order valence-electron chi connectivity index (χ4n) is 7.33. The second kappa shape index (κ2) is 27.4. The molecule has 2 atom stereocenters. The smallest absolute Gasteiger partial charge is 0.263 e. The molecule has 2 aromatic rings. The summed E-state index contributed by atoms with van der Waals surface area (Å²) < 4.78 is 11.3. The number of rotatable bonds is 30. The van der Waals surface area contributed by atoms with Gasteiger partial charge in [-0.2, -0.15) is 0 Å². The van der Waals surface area contributed by atoms with Gasteiger partial charge < -0.3 is 36.1 Å². The van der Waals surface area contributed by atoms with Gasteiger partial charge in [-0.25, -0.2) is 0 Å². The topological polar surface area (TPSA) is 167 Å². The maximum absolute atomic E-state index is 13.3. The molecule has 2 aliphatic rings. The molecule has 0 aliphatic carbocycles. The van der Waals surface area contributed by atoms with Crippen molar-refractivity contribution in [3.8, 4) is 0 Å². The number of piperidine rings is 1. The van der Waals surface area contributed by atoms with Gasteiger partial charge in [-0.3, -0.25) is 28.9 Å². The molecular weight excluding hydrogens is 769 g/mol. The third-order valence-electron chi connectivity index (χ3n) is 10.7. The predicted octanol–water partition coefficient (Wildman–Crippen LogP) is 7.27. The van der Waals surface area contributed by atoms with E-state index in [9.17, 15) is 24.0 Å². The van der Waals surface area contributed by atoms with Crippen molar-refractivity contribution >= 4 is 58.1 Å². The van der Waals surface area contributed by atoms with Crippen molar-refractivity contribution in [3.63, 3.8) is 0 Å². The molecule has 0 bridgehead atoms. The first kappa shape index (κ1) is 47.3. The number of ether oxygens (including phenoxy) is 2. The first-order valence-corrected chi connectivity index (χ1v) is 22.3. The number of amides is 5. The van der Waals surface area contributed by atoms with E-state index in [-0.39, 0.29) is 75.6 Å². The van der Waals surface area contributed by atoms with Gasteiger partial charge in [0, 0.05) is 37.3 Å². The SMILES string of the molecule is CCCCCCCCCCCCCC(=S)NCCCC[C@H](NC(=O)CCOCCOCNc1cccc2c1C(=O)N(C1CCC(=O)NC1)C2=O)C(=O)Nc1ccccc1. The molecule has 1 saturated heterocycles. The summed E-state index contributed by atoms with van der Waals surface area (Å²) in [5, 5.41) is 15.0. The van der Waals surface area contributed by atoms with Crippen molar-refractivity contribution < 1.29 is 33.4 Å². The average Bonchev–Trinajstić information content (AvgIpc) is 3.49. The van der Waals surface area contributed by atoms with Gasteiger partial charge in [0.05, 0.1) is 42.0 Å². The van der Waals surface area contributed by atoms with Crippen molar-refractivity contribution in [2.24, 2.45) is 0 Å². The van der Waals surface area contributed by atoms with Crippen LogP contribution < -0.4 is 26.6 Å². The molecule has 4 rings (SSSR count). The van der Waals surface area contributed by atoms with E-state index in [1.807, 2.05) is 30.3 Å². The highest BCUT2D eigenvalue weighted by Gasteiger charge is 2.42. The van der Waals surface area contributed by atoms with Crippen LogP contribution in [-0.2, 0) is 23.9 Å². The number of unbranched alkanes of at least 4 members (excludes halogenated alkanes) is 11. The third kappa shape index (κ3) is 17.0. The van der Waals surface area contributed by atoms with Crippen molar-refractivity contribution in [3.05, 3.63) is 59.7 Å². The number of anilines is 2. The molecule has 13 nitrogen and oxygen atoms in total. The van der Waals surface area contributed by atoms with E-state index in [1.165, 1.54) is 69.1 Å². The Labute approximate surface area is 355 Å². The second-order valence-electron chi connectivity index (χ2n) is 15.4. The van der Waals surface area contributed by atoms with E-state index < -0.39 is 11.9 Å². The molecule has 0 saturated carbocycles. The Morgan fingerprint density at radius 3 is 2.24 bits per heavy atom. The summed E-state index contributed by atoms with van der Waals surface area (Å²) in [6, 6.07) is 13.2. The molecule has 0 aromatic heterocycles. The van der Waals surface area contributed by atoms with Crippen LogP contribution in [0.4, 0.5) is 11.4 Å². The van der Waals surface area contributed by atoms with Crippen molar-refractivity contribution in [2.45, 2.75) is 135 Å². The Morgan fingerprint density at radius 1 is 0.814 bits per heavy atom. The monoisotopic (exact) mass is 834 g/mol. The first-order chi connectivity index (χ1) is 28.8. The van der Waals surface area contributed by atoms with Gasteiger partial charge in [0.2, 0.25) is 17.7 Å². The molecular formula is C45H66N6O7S. The summed E-state index contributed by atoms with van der Waals surface area (Å²) in [4.78, 5) is 66.2. The summed E-state index contributed by atoms with van der Waals surface area (Å²) in [6.45, 7) is 3.91. The number of benzene rings is 2. The van der Waals surface area contributed by atoms with E-state index in [0.717, 1.165) is 37.2 Å². The van der Waals surface area contributed by atoms with Crippen LogP contribution in [0, 0.1) is 0 Å². The van der Waals surface area contributed by atoms with Crippen LogP contribution in [0.15, 0.2) is 48.5 Å². The van der Waals surface area contributed by atoms with Crippen LogP contribution in [0.3, 0.4) is 0 Å². The minimum atomic E-state index is -0.697. The third-order valence-corrected chi connectivity index (χ3v) is 11.1. The van der Waals surface area contributed by atoms with Gasteiger partial charge in [-0.1, -0.05) is 108 Å². The number of hydrogen-bond donors (Lipinski definition) is 5. The quantitative estimate of drug-likeness (QED) is 0.0234. The number of nitrogens with zero attached hydrogens (tertiary/aromatic N) is 1. The standard InChI is InChI=1S/C45H66N6O7S/c1-2-3-4-5-6-7-8-9-10-11-15-24-41(59)46-28-17-16-22-38(43(54)49-34-19-13-12-14-20-34)50-40(53)27-29-57-30-31-58-33-48-37-23-18-21-36-42(37)45(56)51(44(36)55)35-25-26-39(52)47-32-35/h12-14,18-21,23,35,38,48H,2-11,15-17,22,24-33H2,1H3,(H,46,59)(H,47,52)(H,49,54)(H,50,53)/t35?,38-/m0/s1. The van der Waals surface area contributed by atoms with Crippen molar-refractivity contribution in [1.82, 2.24) is 20.9 Å². The average molecular weight is 835 g/mol. The van der Waals surface area contributed by atoms with E-state index in [1.54, 1.807) is 18.2 Å². The molecule has 0 spiro atoms. The van der Waals surface area contributed by atoms with Gasteiger partial charge in [0.25, 0.3) is 11.8 Å². The zero-order valence-electron chi connectivity index (χ0n) is 35.0. The Hall–Kier alpha value is -4.40. The number of carbonyl (C=O) groups is 5. The number of thiocarbonyl (C=S) groups is 1.